The molecule has 0 heterocycles. The summed E-state index contributed by atoms with van der Waals surface area (Å²) in [6.45, 7) is 1.60. The molecule has 1 saturated carbocycles. The van der Waals surface area contributed by atoms with Crippen LogP contribution in [0.3, 0.4) is 0 Å². The summed E-state index contributed by atoms with van der Waals surface area (Å²) in [6, 6.07) is 8.33. The van der Waals surface area contributed by atoms with Crippen LogP contribution in [0.5, 0.6) is 5.75 Å². The smallest absolute Gasteiger partial charge is 0.123 e. The molecule has 1 aliphatic rings. The van der Waals surface area contributed by atoms with Crippen molar-refractivity contribution < 1.29 is 9.47 Å². The number of hydrogen-bond acceptors (Lipinski definition) is 3. The summed E-state index contributed by atoms with van der Waals surface area (Å²) in [4.78, 5) is 0. The van der Waals surface area contributed by atoms with Crippen molar-refractivity contribution in [1.82, 2.24) is 5.32 Å². The summed E-state index contributed by atoms with van der Waals surface area (Å²) in [5.74, 6) is 1.69. The Hall–Kier alpha value is -1.06. The molecule has 3 nitrogen and oxygen atoms in total. The summed E-state index contributed by atoms with van der Waals surface area (Å²) in [6.07, 6.45) is 6.81. The molecule has 1 fully saturated rings. The summed E-state index contributed by atoms with van der Waals surface area (Å²) in [5.41, 5.74) is 1.17. The predicted molar refractivity (Wildman–Crippen MR) is 82.2 cm³/mol. The van der Waals surface area contributed by atoms with Gasteiger partial charge in [0, 0.05) is 12.2 Å². The highest BCUT2D eigenvalue weighted by atomic mass is 16.5. The highest BCUT2D eigenvalue weighted by Crippen LogP contribution is 2.26. The zero-order chi connectivity index (χ0) is 14.2. The Bertz CT molecular complexity index is 388. The third kappa shape index (κ3) is 4.22. The number of methoxy groups -OCH3 is 1. The number of para-hydroxylation sites is 1. The second kappa shape index (κ2) is 8.28. The van der Waals surface area contributed by atoms with Crippen molar-refractivity contribution >= 4 is 0 Å². The van der Waals surface area contributed by atoms with Gasteiger partial charge in [-0.1, -0.05) is 37.5 Å². The second-order valence-electron chi connectivity index (χ2n) is 5.62. The molecule has 0 aromatic heterocycles. The van der Waals surface area contributed by atoms with Crippen LogP contribution in [0, 0.1) is 5.92 Å². The molecule has 112 valence electrons. The van der Waals surface area contributed by atoms with Crippen LogP contribution in [0.1, 0.15) is 43.7 Å². The van der Waals surface area contributed by atoms with E-state index >= 15 is 0 Å². The van der Waals surface area contributed by atoms with E-state index < -0.39 is 0 Å². The van der Waals surface area contributed by atoms with Gasteiger partial charge >= 0.3 is 0 Å². The summed E-state index contributed by atoms with van der Waals surface area (Å²) < 4.78 is 11.4. The maximum atomic E-state index is 5.96. The second-order valence-corrected chi connectivity index (χ2v) is 5.62. The Balaban J connectivity index is 1.85. The van der Waals surface area contributed by atoms with Crippen molar-refractivity contribution in [2.45, 2.75) is 38.1 Å². The van der Waals surface area contributed by atoms with Crippen molar-refractivity contribution in [2.24, 2.45) is 5.92 Å². The van der Waals surface area contributed by atoms with E-state index in [0.29, 0.717) is 6.61 Å². The highest BCUT2D eigenvalue weighted by molar-refractivity contribution is 5.35. The van der Waals surface area contributed by atoms with Gasteiger partial charge in [-0.05, 0) is 31.9 Å². The third-order valence-corrected chi connectivity index (χ3v) is 4.23. The van der Waals surface area contributed by atoms with Gasteiger partial charge in [0.1, 0.15) is 5.75 Å². The molecule has 0 spiro atoms. The first kappa shape index (κ1) is 15.3. The number of rotatable bonds is 7. The fraction of sp³-hybridized carbons (Fsp3) is 0.647. The number of ether oxygens (including phenoxy) is 2. The minimum Gasteiger partial charge on any atom is -0.496 e. The van der Waals surface area contributed by atoms with E-state index in [1.807, 2.05) is 25.2 Å². The molecule has 3 heteroatoms. The maximum absolute atomic E-state index is 5.96. The molecule has 1 atom stereocenters. The van der Waals surface area contributed by atoms with E-state index in [2.05, 4.69) is 11.4 Å². The van der Waals surface area contributed by atoms with E-state index in [0.717, 1.165) is 18.3 Å². The topological polar surface area (TPSA) is 30.5 Å². The molecule has 20 heavy (non-hydrogen) atoms. The van der Waals surface area contributed by atoms with Crippen LogP contribution >= 0.6 is 0 Å². The van der Waals surface area contributed by atoms with Crippen LogP contribution in [0.15, 0.2) is 24.3 Å². The average molecular weight is 277 g/mol. The van der Waals surface area contributed by atoms with Crippen molar-refractivity contribution in [3.05, 3.63) is 29.8 Å². The monoisotopic (exact) mass is 277 g/mol. The number of benzene rings is 1. The van der Waals surface area contributed by atoms with Crippen molar-refractivity contribution in [1.29, 1.82) is 0 Å². The standard InChI is InChI=1S/C17H27NO2/c1-18-16(15-10-6-7-11-17(15)19-2)13-20-12-14-8-4-3-5-9-14/h6-7,10-11,14,16,18H,3-5,8-9,12-13H2,1-2H3. The van der Waals surface area contributed by atoms with Crippen LogP contribution in [0.25, 0.3) is 0 Å². The lowest BCUT2D eigenvalue weighted by Gasteiger charge is -2.24. The van der Waals surface area contributed by atoms with Gasteiger partial charge in [-0.15, -0.1) is 0 Å². The molecule has 0 bridgehead atoms. The number of hydrogen-bond donors (Lipinski definition) is 1. The van der Waals surface area contributed by atoms with Gasteiger partial charge in [-0.2, -0.15) is 0 Å². The van der Waals surface area contributed by atoms with E-state index in [-0.39, 0.29) is 6.04 Å². The Morgan fingerprint density at radius 2 is 1.95 bits per heavy atom. The fourth-order valence-electron chi connectivity index (χ4n) is 2.99. The molecule has 1 N–H and O–H groups in total. The van der Waals surface area contributed by atoms with E-state index in [9.17, 15) is 0 Å². The molecule has 0 aliphatic heterocycles. The predicted octanol–water partition coefficient (Wildman–Crippen LogP) is 3.55. The number of nitrogens with one attached hydrogen (secondary N) is 1. The summed E-state index contributed by atoms with van der Waals surface area (Å²) in [5, 5.41) is 3.33. The van der Waals surface area contributed by atoms with Crippen LogP contribution in [-0.4, -0.2) is 27.4 Å². The van der Waals surface area contributed by atoms with Crippen molar-refractivity contribution in [3.63, 3.8) is 0 Å². The third-order valence-electron chi connectivity index (χ3n) is 4.23. The lowest BCUT2D eigenvalue weighted by atomic mass is 9.90. The van der Waals surface area contributed by atoms with Crippen LogP contribution < -0.4 is 10.1 Å². The molecule has 0 saturated heterocycles. The van der Waals surface area contributed by atoms with Gasteiger partial charge in [-0.3, -0.25) is 0 Å². The first-order valence-electron chi connectivity index (χ1n) is 7.73. The summed E-state index contributed by atoms with van der Waals surface area (Å²) >= 11 is 0. The zero-order valence-corrected chi connectivity index (χ0v) is 12.7. The zero-order valence-electron chi connectivity index (χ0n) is 12.7. The van der Waals surface area contributed by atoms with Crippen molar-refractivity contribution in [2.75, 3.05) is 27.4 Å². The Morgan fingerprint density at radius 3 is 2.65 bits per heavy atom. The highest BCUT2D eigenvalue weighted by Gasteiger charge is 2.17. The molecule has 0 amide bonds. The molecule has 1 unspecified atom stereocenters. The van der Waals surface area contributed by atoms with Crippen LogP contribution in [-0.2, 0) is 4.74 Å². The first-order valence-corrected chi connectivity index (χ1v) is 7.73. The lowest BCUT2D eigenvalue weighted by Crippen LogP contribution is -2.24. The van der Waals surface area contributed by atoms with E-state index in [4.69, 9.17) is 9.47 Å². The molecule has 0 radical (unpaired) electrons. The van der Waals surface area contributed by atoms with Gasteiger partial charge in [0.25, 0.3) is 0 Å². The lowest BCUT2D eigenvalue weighted by molar-refractivity contribution is 0.0703. The molecular formula is C17H27NO2. The Morgan fingerprint density at radius 1 is 1.20 bits per heavy atom. The van der Waals surface area contributed by atoms with E-state index in [1.165, 1.54) is 37.7 Å². The minimum absolute atomic E-state index is 0.190. The minimum atomic E-state index is 0.190. The molecule has 1 aliphatic carbocycles. The molecule has 2 rings (SSSR count). The molecule has 1 aromatic carbocycles. The average Bonchev–Trinajstić information content (AvgIpc) is 2.53. The Labute approximate surface area is 122 Å². The van der Waals surface area contributed by atoms with Gasteiger partial charge in [0.2, 0.25) is 0 Å². The molecular weight excluding hydrogens is 250 g/mol. The van der Waals surface area contributed by atoms with Crippen LogP contribution in [0.4, 0.5) is 0 Å². The first-order chi connectivity index (χ1) is 9.85. The quantitative estimate of drug-likeness (QED) is 0.826. The van der Waals surface area contributed by atoms with E-state index in [1.54, 1.807) is 7.11 Å². The largest absolute Gasteiger partial charge is 0.496 e. The van der Waals surface area contributed by atoms with Crippen molar-refractivity contribution in [3.8, 4) is 5.75 Å². The fourth-order valence-corrected chi connectivity index (χ4v) is 2.99. The summed E-state index contributed by atoms with van der Waals surface area (Å²) in [7, 11) is 3.69. The van der Waals surface area contributed by atoms with Gasteiger partial charge in [0.05, 0.1) is 19.8 Å². The SMILES string of the molecule is CNC(COCC1CCCCC1)c1ccccc1OC. The normalized spacial score (nSPS) is 17.9. The number of likely N-dealkylation sites (N-methyl/N-ethyl adjacent to an activating group) is 1. The van der Waals surface area contributed by atoms with Gasteiger partial charge < -0.3 is 14.8 Å². The maximum Gasteiger partial charge on any atom is 0.123 e. The molecule has 1 aromatic rings. The van der Waals surface area contributed by atoms with Crippen LogP contribution in [0.2, 0.25) is 0 Å². The van der Waals surface area contributed by atoms with Gasteiger partial charge in [0.15, 0.2) is 0 Å². The Kier molecular flexibility index (Phi) is 6.34. The van der Waals surface area contributed by atoms with Gasteiger partial charge in [-0.25, -0.2) is 0 Å².